The van der Waals surface area contributed by atoms with Crippen LogP contribution in [-0.4, -0.2) is 56.6 Å². The fourth-order valence-corrected chi connectivity index (χ4v) is 4.50. The van der Waals surface area contributed by atoms with E-state index < -0.39 is 12.1 Å². The molecule has 0 aromatic heterocycles. The van der Waals surface area contributed by atoms with Gasteiger partial charge in [0.05, 0.1) is 18.8 Å². The molecule has 192 valence electrons. The summed E-state index contributed by atoms with van der Waals surface area (Å²) in [5.41, 5.74) is 3.09. The molecule has 0 saturated carbocycles. The predicted molar refractivity (Wildman–Crippen MR) is 142 cm³/mol. The van der Waals surface area contributed by atoms with Crippen LogP contribution in [0, 0.1) is 5.92 Å². The van der Waals surface area contributed by atoms with Gasteiger partial charge < -0.3 is 29.5 Å². The van der Waals surface area contributed by atoms with Crippen LogP contribution in [0.4, 0.5) is 11.4 Å². The van der Waals surface area contributed by atoms with Gasteiger partial charge in [-0.15, -0.1) is 0 Å². The zero-order valence-electron chi connectivity index (χ0n) is 20.9. The Morgan fingerprint density at radius 3 is 2.94 bits per heavy atom. The number of nitrogens with one attached hydrogen (secondary N) is 1. The monoisotopic (exact) mass is 492 g/mol. The molecule has 2 aromatic carbocycles. The van der Waals surface area contributed by atoms with Gasteiger partial charge in [-0.2, -0.15) is 0 Å². The Bertz CT molecular complexity index is 1070. The number of carboxylic acid groups (broad SMARTS) is 1. The summed E-state index contributed by atoms with van der Waals surface area (Å²) in [4.78, 5) is 13.7. The molecule has 7 heteroatoms. The van der Waals surface area contributed by atoms with E-state index in [1.165, 1.54) is 0 Å². The van der Waals surface area contributed by atoms with Crippen LogP contribution in [-0.2, 0) is 20.7 Å². The van der Waals surface area contributed by atoms with E-state index in [1.54, 1.807) is 6.92 Å². The molecular formula is C29H36N2O5. The van der Waals surface area contributed by atoms with Crippen molar-refractivity contribution in [1.82, 2.24) is 0 Å². The van der Waals surface area contributed by atoms with Crippen LogP contribution in [0.15, 0.2) is 72.5 Å². The molecule has 2 unspecified atom stereocenters. The first kappa shape index (κ1) is 25.6. The highest BCUT2D eigenvalue weighted by atomic mass is 16.5. The Hall–Kier alpha value is -3.45. The average molecular weight is 493 g/mol. The second-order valence-corrected chi connectivity index (χ2v) is 9.03. The van der Waals surface area contributed by atoms with Crippen LogP contribution >= 0.6 is 0 Å². The number of hydrogen-bond acceptors (Lipinski definition) is 6. The Balaban J connectivity index is 1.16. The third-order valence-electron chi connectivity index (χ3n) is 6.38. The van der Waals surface area contributed by atoms with E-state index in [0.717, 1.165) is 67.5 Å². The molecule has 0 bridgehead atoms. The predicted octanol–water partition coefficient (Wildman–Crippen LogP) is 4.90. The number of benzene rings is 2. The average Bonchev–Trinajstić information content (AvgIpc) is 2.90. The highest BCUT2D eigenvalue weighted by molar-refractivity contribution is 5.72. The van der Waals surface area contributed by atoms with Crippen LogP contribution in [0.1, 0.15) is 25.3 Å². The topological polar surface area (TPSA) is 80.3 Å². The quantitative estimate of drug-likeness (QED) is 0.385. The fraction of sp³-hybridized carbons (Fsp3) is 0.414. The summed E-state index contributed by atoms with van der Waals surface area (Å²) in [6, 6.07) is 16.1. The number of fused-ring (bicyclic) bond motifs is 1. The molecule has 1 heterocycles. The van der Waals surface area contributed by atoms with E-state index in [2.05, 4.69) is 34.5 Å². The second-order valence-electron chi connectivity index (χ2n) is 9.03. The minimum absolute atomic E-state index is 0.351. The number of ether oxygens (including phenoxy) is 3. The number of anilines is 2. The number of carboxylic acids is 1. The number of carbonyl (C=O) groups is 1. The van der Waals surface area contributed by atoms with Gasteiger partial charge in [0.15, 0.2) is 6.10 Å². The second kappa shape index (κ2) is 13.0. The van der Waals surface area contributed by atoms with Gasteiger partial charge in [-0.25, -0.2) is 4.79 Å². The van der Waals surface area contributed by atoms with Crippen molar-refractivity contribution in [2.24, 2.45) is 5.92 Å². The molecule has 1 aliphatic carbocycles. The van der Waals surface area contributed by atoms with Gasteiger partial charge in [-0.3, -0.25) is 0 Å². The fourth-order valence-electron chi connectivity index (χ4n) is 4.50. The van der Waals surface area contributed by atoms with Crippen LogP contribution < -0.4 is 15.0 Å². The molecule has 0 saturated heterocycles. The maximum atomic E-state index is 11.4. The van der Waals surface area contributed by atoms with Crippen LogP contribution in [0.3, 0.4) is 0 Å². The van der Waals surface area contributed by atoms with Crippen molar-refractivity contribution < 1.29 is 24.1 Å². The Labute approximate surface area is 213 Å². The largest absolute Gasteiger partial charge is 0.494 e. The third kappa shape index (κ3) is 7.28. The molecule has 0 radical (unpaired) electrons. The summed E-state index contributed by atoms with van der Waals surface area (Å²) in [5.74, 6) is 1.34. The molecule has 1 aliphatic heterocycles. The van der Waals surface area contributed by atoms with Crippen molar-refractivity contribution in [2.45, 2.75) is 32.3 Å². The van der Waals surface area contributed by atoms with Gasteiger partial charge in [-0.05, 0) is 67.7 Å². The molecule has 0 fully saturated rings. The van der Waals surface area contributed by atoms with E-state index in [-0.39, 0.29) is 0 Å². The van der Waals surface area contributed by atoms with Crippen molar-refractivity contribution in [2.75, 3.05) is 49.7 Å². The van der Waals surface area contributed by atoms with Crippen molar-refractivity contribution >= 4 is 17.3 Å². The van der Waals surface area contributed by atoms with Crippen LogP contribution in [0.5, 0.6) is 5.75 Å². The standard InChI is InChI=1S/C29H36N2O5/c1-2-34-28(29(32)33)20-23-7-5-8-24(19-23)30-21-22-11-13-25(14-12-22)35-17-6-15-31-16-18-36-27-10-4-3-9-26(27)31/h3-5,7-11,13-14,19,22,28,30H,2,6,12,15-18,20-21H2,1H3,(H,32,33). The van der Waals surface area contributed by atoms with Crippen molar-refractivity contribution in [3.63, 3.8) is 0 Å². The Morgan fingerprint density at radius 2 is 2.14 bits per heavy atom. The van der Waals surface area contributed by atoms with Gasteiger partial charge in [0.25, 0.3) is 0 Å². The lowest BCUT2D eigenvalue weighted by Crippen LogP contribution is -2.33. The summed E-state index contributed by atoms with van der Waals surface area (Å²) in [7, 11) is 0. The molecular weight excluding hydrogens is 456 g/mol. The Morgan fingerprint density at radius 1 is 1.25 bits per heavy atom. The number of nitrogens with zero attached hydrogens (tertiary/aromatic N) is 1. The molecule has 0 amide bonds. The van der Waals surface area contributed by atoms with Gasteiger partial charge in [0.1, 0.15) is 18.1 Å². The lowest BCUT2D eigenvalue weighted by atomic mass is 10.00. The molecule has 2 N–H and O–H groups in total. The number of para-hydroxylation sites is 2. The maximum Gasteiger partial charge on any atom is 0.333 e. The smallest absolute Gasteiger partial charge is 0.333 e. The lowest BCUT2D eigenvalue weighted by molar-refractivity contribution is -0.149. The highest BCUT2D eigenvalue weighted by Crippen LogP contribution is 2.30. The van der Waals surface area contributed by atoms with E-state index in [1.807, 2.05) is 42.5 Å². The first-order chi connectivity index (χ1) is 17.6. The van der Waals surface area contributed by atoms with E-state index in [9.17, 15) is 9.90 Å². The summed E-state index contributed by atoms with van der Waals surface area (Å²) in [6.45, 7) is 6.25. The zero-order valence-corrected chi connectivity index (χ0v) is 20.9. The normalized spacial score (nSPS) is 17.5. The van der Waals surface area contributed by atoms with Gasteiger partial charge in [0, 0.05) is 31.8 Å². The van der Waals surface area contributed by atoms with Crippen molar-refractivity contribution in [3.8, 4) is 5.75 Å². The summed E-state index contributed by atoms with van der Waals surface area (Å²) in [5, 5.41) is 12.8. The summed E-state index contributed by atoms with van der Waals surface area (Å²) in [6.07, 6.45) is 7.82. The first-order valence-electron chi connectivity index (χ1n) is 12.8. The number of allylic oxidation sites excluding steroid dienone is 2. The van der Waals surface area contributed by atoms with Crippen LogP contribution in [0.2, 0.25) is 0 Å². The van der Waals surface area contributed by atoms with E-state index in [0.29, 0.717) is 25.6 Å². The van der Waals surface area contributed by atoms with Gasteiger partial charge >= 0.3 is 5.97 Å². The zero-order chi connectivity index (χ0) is 25.2. The summed E-state index contributed by atoms with van der Waals surface area (Å²) >= 11 is 0. The molecule has 2 atom stereocenters. The molecule has 2 aromatic rings. The molecule has 2 aliphatic rings. The molecule has 0 spiro atoms. The molecule has 7 nitrogen and oxygen atoms in total. The SMILES string of the molecule is CCOC(Cc1cccc(NCC2C=CC(OCCCN3CCOc4ccccc43)=CC2)c1)C(=O)O. The number of hydrogen-bond donors (Lipinski definition) is 2. The maximum absolute atomic E-state index is 11.4. The Kier molecular flexibility index (Phi) is 9.27. The number of rotatable bonds is 13. The minimum atomic E-state index is -0.932. The van der Waals surface area contributed by atoms with Crippen molar-refractivity contribution in [1.29, 1.82) is 0 Å². The first-order valence-corrected chi connectivity index (χ1v) is 12.8. The lowest BCUT2D eigenvalue weighted by Gasteiger charge is -2.31. The van der Waals surface area contributed by atoms with E-state index >= 15 is 0 Å². The number of aliphatic carboxylic acids is 1. The van der Waals surface area contributed by atoms with Crippen molar-refractivity contribution in [3.05, 3.63) is 78.1 Å². The third-order valence-corrected chi connectivity index (χ3v) is 6.38. The van der Waals surface area contributed by atoms with Crippen LogP contribution in [0.25, 0.3) is 0 Å². The molecule has 36 heavy (non-hydrogen) atoms. The minimum Gasteiger partial charge on any atom is -0.494 e. The molecule has 4 rings (SSSR count). The van der Waals surface area contributed by atoms with E-state index in [4.69, 9.17) is 14.2 Å². The van der Waals surface area contributed by atoms with Gasteiger partial charge in [-0.1, -0.05) is 30.3 Å². The highest BCUT2D eigenvalue weighted by Gasteiger charge is 2.19. The van der Waals surface area contributed by atoms with Gasteiger partial charge in [0.2, 0.25) is 0 Å². The summed E-state index contributed by atoms with van der Waals surface area (Å²) < 4.78 is 17.1.